The summed E-state index contributed by atoms with van der Waals surface area (Å²) in [6.45, 7) is 0. The highest BCUT2D eigenvalue weighted by Gasteiger charge is 2.13. The third-order valence-electron chi connectivity index (χ3n) is 3.04. The van der Waals surface area contributed by atoms with Gasteiger partial charge < -0.3 is 14.5 Å². The second-order valence-corrected chi connectivity index (χ2v) is 6.46. The fraction of sp³-hybridized carbons (Fsp3) is 0.214. The van der Waals surface area contributed by atoms with E-state index in [4.69, 9.17) is 9.15 Å². The van der Waals surface area contributed by atoms with Crippen LogP contribution in [0.4, 0.5) is 5.13 Å². The molecule has 0 fully saturated rings. The molecule has 0 aliphatic rings. The van der Waals surface area contributed by atoms with E-state index in [-0.39, 0.29) is 12.3 Å². The monoisotopic (exact) mass is 335 g/mol. The van der Waals surface area contributed by atoms with E-state index in [1.54, 1.807) is 13.4 Å². The van der Waals surface area contributed by atoms with Crippen molar-refractivity contribution in [2.45, 2.75) is 10.8 Å². The summed E-state index contributed by atoms with van der Waals surface area (Å²) in [6.07, 6.45) is 3.71. The summed E-state index contributed by atoms with van der Waals surface area (Å²) in [6, 6.07) is 5.50. The summed E-state index contributed by atoms with van der Waals surface area (Å²) in [5, 5.41) is 12.0. The van der Waals surface area contributed by atoms with Crippen LogP contribution >= 0.6 is 23.1 Å². The van der Waals surface area contributed by atoms with Crippen LogP contribution in [-0.4, -0.2) is 29.5 Å². The molecule has 2 aromatic heterocycles. The molecule has 114 valence electrons. The number of amides is 1. The van der Waals surface area contributed by atoms with E-state index in [2.05, 4.69) is 15.5 Å². The number of ether oxygens (including phenoxy) is 1. The van der Waals surface area contributed by atoms with E-state index >= 15 is 0 Å². The van der Waals surface area contributed by atoms with E-state index < -0.39 is 0 Å². The van der Waals surface area contributed by atoms with Crippen molar-refractivity contribution in [1.82, 2.24) is 10.2 Å². The Morgan fingerprint density at radius 3 is 3.05 bits per heavy atom. The van der Waals surface area contributed by atoms with E-state index in [9.17, 15) is 4.79 Å². The van der Waals surface area contributed by atoms with Crippen LogP contribution in [0.25, 0.3) is 11.0 Å². The fourth-order valence-electron chi connectivity index (χ4n) is 2.00. The van der Waals surface area contributed by atoms with Crippen molar-refractivity contribution in [3.8, 4) is 5.75 Å². The highest BCUT2D eigenvalue weighted by atomic mass is 32.2. The Bertz CT molecular complexity index is 813. The number of rotatable bonds is 5. The number of hydrogen-bond donors (Lipinski definition) is 1. The molecular formula is C14H13N3O3S2. The van der Waals surface area contributed by atoms with Gasteiger partial charge in [-0.15, -0.1) is 10.2 Å². The van der Waals surface area contributed by atoms with Gasteiger partial charge in [0.05, 0.1) is 19.8 Å². The number of furan rings is 1. The zero-order valence-corrected chi connectivity index (χ0v) is 13.6. The molecule has 8 heteroatoms. The maximum Gasteiger partial charge on any atom is 0.230 e. The van der Waals surface area contributed by atoms with Crippen molar-refractivity contribution in [2.24, 2.45) is 0 Å². The predicted molar refractivity (Wildman–Crippen MR) is 86.8 cm³/mol. The molecule has 0 saturated carbocycles. The van der Waals surface area contributed by atoms with Gasteiger partial charge in [-0.25, -0.2) is 0 Å². The number of aromatic nitrogens is 2. The Morgan fingerprint density at radius 2 is 2.32 bits per heavy atom. The molecule has 3 rings (SSSR count). The lowest BCUT2D eigenvalue weighted by Crippen LogP contribution is -2.14. The number of nitrogens with zero attached hydrogens (tertiary/aromatic N) is 2. The van der Waals surface area contributed by atoms with Gasteiger partial charge in [-0.2, -0.15) is 0 Å². The van der Waals surface area contributed by atoms with Crippen molar-refractivity contribution in [2.75, 3.05) is 18.7 Å². The summed E-state index contributed by atoms with van der Waals surface area (Å²) in [7, 11) is 1.60. The number of carbonyl (C=O) groups is 1. The molecule has 6 nitrogen and oxygen atoms in total. The zero-order valence-electron chi connectivity index (χ0n) is 12.0. The van der Waals surface area contributed by atoms with Crippen molar-refractivity contribution in [3.05, 3.63) is 30.0 Å². The van der Waals surface area contributed by atoms with Crippen LogP contribution in [-0.2, 0) is 11.2 Å². The molecule has 22 heavy (non-hydrogen) atoms. The van der Waals surface area contributed by atoms with Crippen LogP contribution in [0.3, 0.4) is 0 Å². The minimum atomic E-state index is -0.158. The van der Waals surface area contributed by atoms with Gasteiger partial charge in [-0.1, -0.05) is 23.1 Å². The van der Waals surface area contributed by atoms with Gasteiger partial charge in [0.1, 0.15) is 11.3 Å². The van der Waals surface area contributed by atoms with Crippen molar-refractivity contribution >= 4 is 45.1 Å². The topological polar surface area (TPSA) is 77.2 Å². The molecule has 0 radical (unpaired) electrons. The predicted octanol–water partition coefficient (Wildman–Crippen LogP) is 3.20. The second kappa shape index (κ2) is 6.37. The zero-order chi connectivity index (χ0) is 15.5. The molecule has 1 amide bonds. The maximum absolute atomic E-state index is 12.1. The molecule has 2 heterocycles. The molecule has 0 aliphatic heterocycles. The van der Waals surface area contributed by atoms with Crippen molar-refractivity contribution < 1.29 is 13.9 Å². The number of anilines is 1. The van der Waals surface area contributed by atoms with E-state index in [0.29, 0.717) is 5.13 Å². The lowest BCUT2D eigenvalue weighted by molar-refractivity contribution is -0.115. The Labute approximate surface area is 134 Å². The molecule has 0 bridgehead atoms. The largest absolute Gasteiger partial charge is 0.497 e. The van der Waals surface area contributed by atoms with Gasteiger partial charge in [0.2, 0.25) is 11.0 Å². The molecule has 3 aromatic rings. The van der Waals surface area contributed by atoms with Gasteiger partial charge in [0, 0.05) is 10.9 Å². The van der Waals surface area contributed by atoms with Crippen LogP contribution in [0.1, 0.15) is 5.56 Å². The van der Waals surface area contributed by atoms with E-state index in [0.717, 1.165) is 26.6 Å². The van der Waals surface area contributed by atoms with Crippen LogP contribution < -0.4 is 10.1 Å². The number of nitrogens with one attached hydrogen (secondary N) is 1. The van der Waals surface area contributed by atoms with Crippen LogP contribution in [0.5, 0.6) is 5.75 Å². The first-order valence-corrected chi connectivity index (χ1v) is 8.45. The summed E-state index contributed by atoms with van der Waals surface area (Å²) in [4.78, 5) is 12.1. The van der Waals surface area contributed by atoms with Crippen LogP contribution in [0.2, 0.25) is 0 Å². The van der Waals surface area contributed by atoms with Crippen LogP contribution in [0, 0.1) is 0 Å². The Morgan fingerprint density at radius 1 is 1.45 bits per heavy atom. The highest BCUT2D eigenvalue weighted by molar-refractivity contribution is 8.00. The number of carbonyl (C=O) groups excluding carboxylic acids is 1. The Balaban J connectivity index is 1.76. The number of hydrogen-bond acceptors (Lipinski definition) is 7. The van der Waals surface area contributed by atoms with Gasteiger partial charge in [0.25, 0.3) is 0 Å². The molecule has 0 saturated heterocycles. The molecule has 0 unspecified atom stereocenters. The molecule has 0 atom stereocenters. The first kappa shape index (κ1) is 14.9. The Kier molecular flexibility index (Phi) is 4.30. The SMILES string of the molecule is COc1ccc2occ(CC(=O)Nc3nnc(SC)s3)c2c1. The average molecular weight is 335 g/mol. The molecular weight excluding hydrogens is 322 g/mol. The number of fused-ring (bicyclic) bond motifs is 1. The summed E-state index contributed by atoms with van der Waals surface area (Å²) < 4.78 is 11.5. The minimum Gasteiger partial charge on any atom is -0.497 e. The summed E-state index contributed by atoms with van der Waals surface area (Å²) in [5.74, 6) is 0.568. The van der Waals surface area contributed by atoms with Crippen molar-refractivity contribution in [1.29, 1.82) is 0 Å². The van der Waals surface area contributed by atoms with Crippen molar-refractivity contribution in [3.63, 3.8) is 0 Å². The molecule has 1 aromatic carbocycles. The van der Waals surface area contributed by atoms with Gasteiger partial charge in [-0.3, -0.25) is 4.79 Å². The van der Waals surface area contributed by atoms with Gasteiger partial charge >= 0.3 is 0 Å². The number of benzene rings is 1. The minimum absolute atomic E-state index is 0.158. The maximum atomic E-state index is 12.1. The van der Waals surface area contributed by atoms with Gasteiger partial charge in [-0.05, 0) is 24.5 Å². The molecule has 0 aliphatic carbocycles. The number of thioether (sulfide) groups is 1. The number of methoxy groups -OCH3 is 1. The second-order valence-electron chi connectivity index (χ2n) is 4.43. The lowest BCUT2D eigenvalue weighted by atomic mass is 10.1. The first-order valence-electron chi connectivity index (χ1n) is 6.41. The standard InChI is InChI=1S/C14H13N3O3S2/c1-19-9-3-4-11-10(6-9)8(7-20-11)5-12(18)15-13-16-17-14(21-2)22-13/h3-4,6-7H,5H2,1-2H3,(H,15,16,18). The average Bonchev–Trinajstić information content (AvgIpc) is 3.14. The third-order valence-corrected chi connectivity index (χ3v) is 4.85. The van der Waals surface area contributed by atoms with Crippen LogP contribution in [0.15, 0.2) is 33.2 Å². The third kappa shape index (κ3) is 3.07. The smallest absolute Gasteiger partial charge is 0.230 e. The lowest BCUT2D eigenvalue weighted by Gasteiger charge is -2.01. The normalized spacial score (nSPS) is 10.8. The Hall–Kier alpha value is -2.06. The first-order chi connectivity index (χ1) is 10.7. The molecule has 1 N–H and O–H groups in total. The van der Waals surface area contributed by atoms with E-state index in [1.807, 2.05) is 24.5 Å². The highest BCUT2D eigenvalue weighted by Crippen LogP contribution is 2.27. The summed E-state index contributed by atoms with van der Waals surface area (Å²) in [5.41, 5.74) is 1.53. The molecule has 0 spiro atoms. The quantitative estimate of drug-likeness (QED) is 0.570. The summed E-state index contributed by atoms with van der Waals surface area (Å²) >= 11 is 2.84. The fourth-order valence-corrected chi connectivity index (χ4v) is 3.19. The van der Waals surface area contributed by atoms with Gasteiger partial charge in [0.15, 0.2) is 4.34 Å². The van der Waals surface area contributed by atoms with E-state index in [1.165, 1.54) is 23.1 Å².